The van der Waals surface area contributed by atoms with Crippen molar-refractivity contribution >= 4 is 11.6 Å². The van der Waals surface area contributed by atoms with Crippen molar-refractivity contribution in [2.75, 3.05) is 20.3 Å². The van der Waals surface area contributed by atoms with Crippen LogP contribution in [0.3, 0.4) is 0 Å². The molecule has 0 radical (unpaired) electrons. The number of benzene rings is 2. The molecule has 0 saturated carbocycles. The molecule has 0 unspecified atom stereocenters. The van der Waals surface area contributed by atoms with E-state index in [1.54, 1.807) is 7.11 Å². The van der Waals surface area contributed by atoms with Gasteiger partial charge in [-0.05, 0) is 41.8 Å². The number of nitrogens with one attached hydrogen (secondary N) is 1. The molecule has 0 heterocycles. The van der Waals surface area contributed by atoms with Crippen LogP contribution in [0.25, 0.3) is 0 Å². The fraction of sp³-hybridized carbons (Fsp3) is 0.294. The third-order valence-electron chi connectivity index (χ3n) is 3.37. The van der Waals surface area contributed by atoms with E-state index in [4.69, 9.17) is 21.4 Å². The van der Waals surface area contributed by atoms with E-state index in [0.29, 0.717) is 6.54 Å². The molecule has 21 heavy (non-hydrogen) atoms. The summed E-state index contributed by atoms with van der Waals surface area (Å²) in [5.41, 5.74) is 2.37. The largest absolute Gasteiger partial charge is 0.497 e. The maximum atomic E-state index is 9.05. The quantitative estimate of drug-likeness (QED) is 0.825. The Kier molecular flexibility index (Phi) is 6.05. The zero-order valence-corrected chi connectivity index (χ0v) is 12.8. The number of methoxy groups -OCH3 is 1. The van der Waals surface area contributed by atoms with E-state index in [1.165, 1.54) is 11.1 Å². The van der Waals surface area contributed by atoms with Gasteiger partial charge in [0.05, 0.1) is 13.7 Å². The Morgan fingerprint density at radius 1 is 1.10 bits per heavy atom. The summed E-state index contributed by atoms with van der Waals surface area (Å²) in [4.78, 5) is 0. The van der Waals surface area contributed by atoms with Gasteiger partial charge < -0.3 is 15.2 Å². The van der Waals surface area contributed by atoms with Crippen LogP contribution in [0.1, 0.15) is 17.2 Å². The van der Waals surface area contributed by atoms with Gasteiger partial charge >= 0.3 is 0 Å². The van der Waals surface area contributed by atoms with Crippen molar-refractivity contribution in [2.24, 2.45) is 0 Å². The molecule has 0 aliphatic rings. The van der Waals surface area contributed by atoms with E-state index in [9.17, 15) is 0 Å². The van der Waals surface area contributed by atoms with Gasteiger partial charge in [-0.2, -0.15) is 0 Å². The molecule has 0 fully saturated rings. The van der Waals surface area contributed by atoms with E-state index in [0.717, 1.165) is 17.2 Å². The molecular formula is C17H20ClNO2. The van der Waals surface area contributed by atoms with Gasteiger partial charge in [0.1, 0.15) is 5.75 Å². The molecule has 4 heteroatoms. The van der Waals surface area contributed by atoms with Crippen LogP contribution in [-0.2, 0) is 6.42 Å². The molecule has 1 atom stereocenters. The SMILES string of the molecule is COc1ccc([C@@H](Cc2ccc(Cl)cc2)NCCO)cc1. The molecule has 0 aliphatic carbocycles. The lowest BCUT2D eigenvalue weighted by atomic mass is 9.98. The minimum absolute atomic E-state index is 0.118. The minimum atomic E-state index is 0.118. The number of hydrogen-bond acceptors (Lipinski definition) is 3. The van der Waals surface area contributed by atoms with Gasteiger partial charge in [-0.1, -0.05) is 35.9 Å². The van der Waals surface area contributed by atoms with Crippen molar-refractivity contribution in [2.45, 2.75) is 12.5 Å². The predicted octanol–water partition coefficient (Wildman–Crippen LogP) is 3.21. The van der Waals surface area contributed by atoms with E-state index < -0.39 is 0 Å². The van der Waals surface area contributed by atoms with Crippen LogP contribution in [0.5, 0.6) is 5.75 Å². The fourth-order valence-corrected chi connectivity index (χ4v) is 2.37. The zero-order valence-electron chi connectivity index (χ0n) is 12.1. The zero-order chi connectivity index (χ0) is 15.1. The number of rotatable bonds is 7. The van der Waals surface area contributed by atoms with E-state index in [1.807, 2.05) is 48.5 Å². The Balaban J connectivity index is 2.14. The van der Waals surface area contributed by atoms with Gasteiger partial charge in [-0.3, -0.25) is 0 Å². The molecule has 0 spiro atoms. The fourth-order valence-electron chi connectivity index (χ4n) is 2.24. The summed E-state index contributed by atoms with van der Waals surface area (Å²) in [5, 5.41) is 13.1. The van der Waals surface area contributed by atoms with Gasteiger partial charge in [0.2, 0.25) is 0 Å². The van der Waals surface area contributed by atoms with E-state index >= 15 is 0 Å². The molecule has 0 amide bonds. The normalized spacial score (nSPS) is 12.1. The Bertz CT molecular complexity index is 540. The summed E-state index contributed by atoms with van der Waals surface area (Å²) >= 11 is 5.92. The van der Waals surface area contributed by atoms with Crippen LogP contribution >= 0.6 is 11.6 Å². The van der Waals surface area contributed by atoms with E-state index in [2.05, 4.69) is 5.32 Å². The highest BCUT2D eigenvalue weighted by Gasteiger charge is 2.12. The summed E-state index contributed by atoms with van der Waals surface area (Å²) in [6.45, 7) is 0.678. The van der Waals surface area contributed by atoms with Crippen molar-refractivity contribution in [1.29, 1.82) is 0 Å². The second-order valence-corrected chi connectivity index (χ2v) is 5.27. The molecule has 112 valence electrons. The molecule has 2 rings (SSSR count). The summed E-state index contributed by atoms with van der Waals surface area (Å²) in [5.74, 6) is 0.839. The number of aliphatic hydroxyl groups is 1. The van der Waals surface area contributed by atoms with Crippen molar-refractivity contribution in [3.63, 3.8) is 0 Å². The van der Waals surface area contributed by atoms with Gasteiger partial charge in [0.15, 0.2) is 0 Å². The molecule has 0 aliphatic heterocycles. The van der Waals surface area contributed by atoms with Crippen LogP contribution in [0.4, 0.5) is 0 Å². The molecule has 2 aromatic carbocycles. The summed E-state index contributed by atoms with van der Waals surface area (Å²) in [6, 6.07) is 16.0. The lowest BCUT2D eigenvalue weighted by Gasteiger charge is -2.19. The summed E-state index contributed by atoms with van der Waals surface area (Å²) in [7, 11) is 1.66. The lowest BCUT2D eigenvalue weighted by molar-refractivity contribution is 0.284. The second-order valence-electron chi connectivity index (χ2n) is 4.83. The van der Waals surface area contributed by atoms with Gasteiger partial charge in [0, 0.05) is 17.6 Å². The molecule has 0 aromatic heterocycles. The molecule has 0 bridgehead atoms. The second kappa shape index (κ2) is 8.03. The third kappa shape index (κ3) is 4.74. The molecular weight excluding hydrogens is 286 g/mol. The lowest BCUT2D eigenvalue weighted by Crippen LogP contribution is -2.26. The number of ether oxygens (including phenoxy) is 1. The first-order valence-corrected chi connectivity index (χ1v) is 7.33. The maximum absolute atomic E-state index is 9.05. The van der Waals surface area contributed by atoms with E-state index in [-0.39, 0.29) is 12.6 Å². The Morgan fingerprint density at radius 3 is 2.33 bits per heavy atom. The van der Waals surface area contributed by atoms with Crippen LogP contribution in [0.2, 0.25) is 5.02 Å². The van der Waals surface area contributed by atoms with Crippen molar-refractivity contribution in [3.05, 3.63) is 64.7 Å². The first kappa shape index (κ1) is 15.8. The van der Waals surface area contributed by atoms with Crippen molar-refractivity contribution < 1.29 is 9.84 Å². The first-order valence-electron chi connectivity index (χ1n) is 6.95. The van der Waals surface area contributed by atoms with Crippen LogP contribution in [-0.4, -0.2) is 25.4 Å². The van der Waals surface area contributed by atoms with Gasteiger partial charge in [-0.15, -0.1) is 0 Å². The summed E-state index contributed by atoms with van der Waals surface area (Å²) in [6.07, 6.45) is 0.837. The number of aliphatic hydroxyl groups excluding tert-OH is 1. The molecule has 2 N–H and O–H groups in total. The van der Waals surface area contributed by atoms with Crippen LogP contribution in [0.15, 0.2) is 48.5 Å². The standard InChI is InChI=1S/C17H20ClNO2/c1-21-16-8-4-14(5-9-16)17(19-10-11-20)12-13-2-6-15(18)7-3-13/h2-9,17,19-20H,10-12H2,1H3/t17-/m1/s1. The van der Waals surface area contributed by atoms with Crippen LogP contribution in [0, 0.1) is 0 Å². The van der Waals surface area contributed by atoms with Crippen LogP contribution < -0.4 is 10.1 Å². The van der Waals surface area contributed by atoms with Crippen molar-refractivity contribution in [3.8, 4) is 5.75 Å². The highest BCUT2D eigenvalue weighted by Crippen LogP contribution is 2.22. The Labute approximate surface area is 130 Å². The highest BCUT2D eigenvalue weighted by molar-refractivity contribution is 6.30. The maximum Gasteiger partial charge on any atom is 0.118 e. The summed E-state index contributed by atoms with van der Waals surface area (Å²) < 4.78 is 5.19. The van der Waals surface area contributed by atoms with Gasteiger partial charge in [0.25, 0.3) is 0 Å². The minimum Gasteiger partial charge on any atom is -0.497 e. The smallest absolute Gasteiger partial charge is 0.118 e. The van der Waals surface area contributed by atoms with Crippen molar-refractivity contribution in [1.82, 2.24) is 5.32 Å². The third-order valence-corrected chi connectivity index (χ3v) is 3.63. The number of hydrogen-bond donors (Lipinski definition) is 2. The molecule has 0 saturated heterocycles. The first-order chi connectivity index (χ1) is 10.2. The topological polar surface area (TPSA) is 41.5 Å². The Hall–Kier alpha value is -1.55. The molecule has 2 aromatic rings. The van der Waals surface area contributed by atoms with Gasteiger partial charge in [-0.25, -0.2) is 0 Å². The molecule has 3 nitrogen and oxygen atoms in total. The predicted molar refractivity (Wildman–Crippen MR) is 86.0 cm³/mol. The Morgan fingerprint density at radius 2 is 1.76 bits per heavy atom. The monoisotopic (exact) mass is 305 g/mol. The average Bonchev–Trinajstić information content (AvgIpc) is 2.53. The number of halogens is 1. The average molecular weight is 306 g/mol. The highest BCUT2D eigenvalue weighted by atomic mass is 35.5.